The van der Waals surface area contributed by atoms with Crippen molar-refractivity contribution in [2.45, 2.75) is 101 Å². The monoisotopic (exact) mass is 520 g/mol. The van der Waals surface area contributed by atoms with Crippen molar-refractivity contribution in [3.05, 3.63) is 23.3 Å². The van der Waals surface area contributed by atoms with Crippen LogP contribution in [0.3, 0.4) is 0 Å². The van der Waals surface area contributed by atoms with Crippen LogP contribution in [0.5, 0.6) is 0 Å². The summed E-state index contributed by atoms with van der Waals surface area (Å²) in [6.07, 6.45) is 5.26. The van der Waals surface area contributed by atoms with E-state index in [0.717, 1.165) is 5.57 Å². The zero-order valence-corrected chi connectivity index (χ0v) is 22.4. The molecule has 4 fully saturated rings. The average molecular weight is 521 g/mol. The molecule has 0 radical (unpaired) electrons. The van der Waals surface area contributed by atoms with E-state index in [0.29, 0.717) is 24.8 Å². The number of hydrogen-bond donors (Lipinski definition) is 3. The van der Waals surface area contributed by atoms with Gasteiger partial charge in [0.1, 0.15) is 0 Å². The molecule has 1 spiro atoms. The van der Waals surface area contributed by atoms with Crippen LogP contribution in [0.4, 0.5) is 0 Å². The molecule has 1 saturated heterocycles. The van der Waals surface area contributed by atoms with Gasteiger partial charge in [0.05, 0.1) is 33.3 Å². The number of carbonyl (C=O) groups excluding carboxylic acids is 2. The number of allylic oxidation sites excluding steroid dienone is 1. The first-order valence-corrected chi connectivity index (χ1v) is 13.7. The molecule has 2 aliphatic heterocycles. The van der Waals surface area contributed by atoms with Gasteiger partial charge in [-0.2, -0.15) is 0 Å². The Morgan fingerprint density at radius 1 is 1.08 bits per heavy atom. The SMILES string of the molecule is CC1=C(C)C(=O)O[C@]2(C1)O[C@@]1(O)C[C@H]3[C@@H](C[C@H](Cl)[C@]4(O)CC=CC(=O)[C@]34C)[C@@H]3CC[C@@](O)([C@@H]2C)[C@]31C. The second-order valence-corrected chi connectivity index (χ2v) is 13.5. The van der Waals surface area contributed by atoms with Crippen molar-refractivity contribution in [1.29, 1.82) is 0 Å². The number of ketones is 1. The molecule has 3 N–H and O–H groups in total. The summed E-state index contributed by atoms with van der Waals surface area (Å²) in [5, 5.41) is 36.1. The van der Waals surface area contributed by atoms with Crippen LogP contribution in [0.25, 0.3) is 0 Å². The molecule has 3 saturated carbocycles. The Balaban J connectivity index is 1.52. The molecule has 6 aliphatic rings. The fourth-order valence-electron chi connectivity index (χ4n) is 9.55. The molecule has 0 amide bonds. The number of fused-ring (bicyclic) bond motifs is 4. The summed E-state index contributed by atoms with van der Waals surface area (Å²) < 4.78 is 12.5. The van der Waals surface area contributed by atoms with Crippen molar-refractivity contribution in [1.82, 2.24) is 0 Å². The molecular formula is C28H37ClO7. The van der Waals surface area contributed by atoms with Crippen molar-refractivity contribution in [2.24, 2.45) is 34.5 Å². The van der Waals surface area contributed by atoms with E-state index in [1.165, 1.54) is 6.08 Å². The first-order chi connectivity index (χ1) is 16.6. The Morgan fingerprint density at radius 2 is 1.78 bits per heavy atom. The number of alkyl halides is 1. The van der Waals surface area contributed by atoms with Crippen LogP contribution in [0.1, 0.15) is 73.1 Å². The molecule has 0 unspecified atom stereocenters. The summed E-state index contributed by atoms with van der Waals surface area (Å²) in [5.74, 6) is -5.42. The lowest BCUT2D eigenvalue weighted by Gasteiger charge is -2.71. The lowest BCUT2D eigenvalue weighted by Crippen LogP contribution is -2.80. The van der Waals surface area contributed by atoms with Gasteiger partial charge < -0.3 is 24.8 Å². The average Bonchev–Trinajstić information content (AvgIpc) is 3.09. The van der Waals surface area contributed by atoms with Crippen LogP contribution in [0, 0.1) is 34.5 Å². The van der Waals surface area contributed by atoms with Crippen molar-refractivity contribution >= 4 is 23.4 Å². The van der Waals surface area contributed by atoms with Gasteiger partial charge in [-0.25, -0.2) is 4.79 Å². The maximum Gasteiger partial charge on any atom is 0.336 e. The highest BCUT2D eigenvalue weighted by atomic mass is 35.5. The molecule has 8 heteroatoms. The van der Waals surface area contributed by atoms with E-state index in [-0.39, 0.29) is 36.9 Å². The van der Waals surface area contributed by atoms with E-state index in [1.54, 1.807) is 19.9 Å². The van der Waals surface area contributed by atoms with Crippen molar-refractivity contribution in [3.63, 3.8) is 0 Å². The highest BCUT2D eigenvalue weighted by Crippen LogP contribution is 2.75. The normalized spacial score (nSPS) is 57.9. The van der Waals surface area contributed by atoms with Crippen LogP contribution in [0.2, 0.25) is 0 Å². The van der Waals surface area contributed by atoms with Gasteiger partial charge in [-0.15, -0.1) is 11.6 Å². The third-order valence-corrected chi connectivity index (χ3v) is 12.6. The lowest BCUT2D eigenvalue weighted by molar-refractivity contribution is -0.472. The highest BCUT2D eigenvalue weighted by molar-refractivity contribution is 6.22. The molecule has 0 aromatic carbocycles. The van der Waals surface area contributed by atoms with Gasteiger partial charge in [0.15, 0.2) is 11.6 Å². The van der Waals surface area contributed by atoms with Crippen LogP contribution >= 0.6 is 11.6 Å². The number of hydrogen-bond acceptors (Lipinski definition) is 7. The van der Waals surface area contributed by atoms with E-state index in [4.69, 9.17) is 21.1 Å². The second-order valence-electron chi connectivity index (χ2n) is 12.9. The van der Waals surface area contributed by atoms with Crippen molar-refractivity contribution < 1.29 is 34.4 Å². The molecule has 0 bridgehead atoms. The van der Waals surface area contributed by atoms with Gasteiger partial charge in [-0.05, 0) is 70.3 Å². The van der Waals surface area contributed by atoms with Gasteiger partial charge in [-0.3, -0.25) is 4.79 Å². The maximum atomic E-state index is 13.5. The number of halogens is 1. The Bertz CT molecular complexity index is 1130. The molecule has 0 aromatic heterocycles. The standard InChI is InChI=1S/C28H37ClO7/c1-14-12-27(35-22(31)15(14)2)16(3)25(32)10-8-18-17-11-20(29)26(33)9-6-7-21(30)23(26,4)19(17)13-28(34,36-27)24(18,25)5/h6-7,16-20,32-34H,8-13H2,1-5H3/t16-,17-,18-,19-,20-,23-,24-,25+,26+,27+,28-/m0/s1. The first-order valence-electron chi connectivity index (χ1n) is 13.2. The number of carbonyl (C=O) groups is 2. The van der Waals surface area contributed by atoms with E-state index in [9.17, 15) is 24.9 Å². The Kier molecular flexibility index (Phi) is 4.89. The molecule has 4 aliphatic carbocycles. The Morgan fingerprint density at radius 3 is 2.44 bits per heavy atom. The van der Waals surface area contributed by atoms with Crippen molar-refractivity contribution in [2.75, 3.05) is 0 Å². The van der Waals surface area contributed by atoms with Gasteiger partial charge in [0.2, 0.25) is 5.79 Å². The zero-order valence-electron chi connectivity index (χ0n) is 21.6. The third-order valence-electron chi connectivity index (χ3n) is 12.1. The summed E-state index contributed by atoms with van der Waals surface area (Å²) in [7, 11) is 0. The van der Waals surface area contributed by atoms with Gasteiger partial charge in [0.25, 0.3) is 0 Å². The quantitative estimate of drug-likeness (QED) is 0.331. The summed E-state index contributed by atoms with van der Waals surface area (Å²) >= 11 is 6.87. The molecule has 198 valence electrons. The highest BCUT2D eigenvalue weighted by Gasteiger charge is 2.82. The fraction of sp³-hybridized carbons (Fsp3) is 0.786. The lowest BCUT2D eigenvalue weighted by atomic mass is 9.40. The summed E-state index contributed by atoms with van der Waals surface area (Å²) in [6, 6.07) is 0. The smallest absolute Gasteiger partial charge is 0.336 e. The van der Waals surface area contributed by atoms with Crippen LogP contribution < -0.4 is 0 Å². The minimum atomic E-state index is -1.88. The first kappa shape index (κ1) is 25.1. The summed E-state index contributed by atoms with van der Waals surface area (Å²) in [4.78, 5) is 26.3. The Hall–Kier alpha value is -1.25. The predicted molar refractivity (Wildman–Crippen MR) is 130 cm³/mol. The van der Waals surface area contributed by atoms with E-state index >= 15 is 0 Å². The predicted octanol–water partition coefficient (Wildman–Crippen LogP) is 3.38. The second kappa shape index (κ2) is 7.03. The summed E-state index contributed by atoms with van der Waals surface area (Å²) in [6.45, 7) is 9.06. The minimum absolute atomic E-state index is 0.0305. The summed E-state index contributed by atoms with van der Waals surface area (Å²) in [5.41, 5.74) is -3.80. The van der Waals surface area contributed by atoms with Crippen LogP contribution in [-0.2, 0) is 19.1 Å². The van der Waals surface area contributed by atoms with Crippen LogP contribution in [-0.4, -0.2) is 55.2 Å². The van der Waals surface area contributed by atoms with Gasteiger partial charge in [-0.1, -0.05) is 25.5 Å². The number of rotatable bonds is 0. The molecule has 2 heterocycles. The molecule has 0 aromatic rings. The molecule has 6 rings (SSSR count). The van der Waals surface area contributed by atoms with E-state index < -0.39 is 56.8 Å². The maximum absolute atomic E-state index is 13.5. The minimum Gasteiger partial charge on any atom is -0.429 e. The largest absolute Gasteiger partial charge is 0.429 e. The number of aliphatic hydroxyl groups is 3. The third kappa shape index (κ3) is 2.46. The van der Waals surface area contributed by atoms with Gasteiger partial charge in [0, 0.05) is 18.4 Å². The van der Waals surface area contributed by atoms with Gasteiger partial charge >= 0.3 is 5.97 Å². The molecule has 7 nitrogen and oxygen atoms in total. The van der Waals surface area contributed by atoms with E-state index in [1.807, 2.05) is 20.8 Å². The van der Waals surface area contributed by atoms with E-state index in [2.05, 4.69) is 0 Å². The topological polar surface area (TPSA) is 113 Å². The molecule has 36 heavy (non-hydrogen) atoms. The fourth-order valence-corrected chi connectivity index (χ4v) is 10.1. The number of esters is 1. The Labute approximate surface area is 216 Å². The molecular weight excluding hydrogens is 484 g/mol. The zero-order chi connectivity index (χ0) is 26.3. The number of ether oxygens (including phenoxy) is 2. The van der Waals surface area contributed by atoms with Crippen LogP contribution in [0.15, 0.2) is 23.3 Å². The molecule has 11 atom stereocenters. The van der Waals surface area contributed by atoms with Crippen molar-refractivity contribution in [3.8, 4) is 0 Å².